The van der Waals surface area contributed by atoms with E-state index in [1.54, 1.807) is 6.07 Å². The van der Waals surface area contributed by atoms with Crippen LogP contribution in [0.1, 0.15) is 15.9 Å². The van der Waals surface area contributed by atoms with Crippen molar-refractivity contribution in [2.45, 2.75) is 6.61 Å². The molecule has 1 N–H and O–H groups in total. The molecule has 0 spiro atoms. The second-order valence-electron chi connectivity index (χ2n) is 4.22. The molecule has 0 saturated carbocycles. The van der Waals surface area contributed by atoms with E-state index in [1.807, 2.05) is 0 Å². The van der Waals surface area contributed by atoms with Crippen molar-refractivity contribution in [3.63, 3.8) is 0 Å². The highest BCUT2D eigenvalue weighted by Crippen LogP contribution is 2.26. The molecule has 6 nitrogen and oxygen atoms in total. The van der Waals surface area contributed by atoms with Crippen molar-refractivity contribution < 1.29 is 24.2 Å². The van der Waals surface area contributed by atoms with E-state index >= 15 is 0 Å². The van der Waals surface area contributed by atoms with Crippen molar-refractivity contribution in [3.8, 4) is 0 Å². The van der Waals surface area contributed by atoms with E-state index in [-0.39, 0.29) is 18.8 Å². The zero-order chi connectivity index (χ0) is 14.5. The summed E-state index contributed by atoms with van der Waals surface area (Å²) < 4.78 is 10.4. The Morgan fingerprint density at radius 3 is 3.00 bits per heavy atom. The van der Waals surface area contributed by atoms with Crippen molar-refractivity contribution in [1.29, 1.82) is 0 Å². The van der Waals surface area contributed by atoms with Gasteiger partial charge in [-0.2, -0.15) is 0 Å². The molecule has 0 atom stereocenters. The van der Waals surface area contributed by atoms with E-state index in [0.29, 0.717) is 24.4 Å². The van der Waals surface area contributed by atoms with Gasteiger partial charge in [0.25, 0.3) is 0 Å². The Morgan fingerprint density at radius 1 is 1.50 bits per heavy atom. The third-order valence-electron chi connectivity index (χ3n) is 2.88. The summed E-state index contributed by atoms with van der Waals surface area (Å²) >= 11 is 0. The highest BCUT2D eigenvalue weighted by molar-refractivity contribution is 5.92. The molecule has 1 aromatic rings. The number of benzene rings is 1. The van der Waals surface area contributed by atoms with E-state index in [9.17, 15) is 9.59 Å². The molecular formula is C14H15NO5. The first-order valence-corrected chi connectivity index (χ1v) is 6.12. The van der Waals surface area contributed by atoms with Gasteiger partial charge < -0.3 is 14.6 Å². The third kappa shape index (κ3) is 2.97. The van der Waals surface area contributed by atoms with Crippen LogP contribution in [0.3, 0.4) is 0 Å². The zero-order valence-corrected chi connectivity index (χ0v) is 10.9. The van der Waals surface area contributed by atoms with E-state index in [4.69, 9.17) is 14.6 Å². The van der Waals surface area contributed by atoms with Gasteiger partial charge in [-0.05, 0) is 18.2 Å². The maximum absolute atomic E-state index is 12.0. The van der Waals surface area contributed by atoms with Crippen molar-refractivity contribution in [2.24, 2.45) is 0 Å². The number of aromatic carboxylic acids is 1. The molecule has 1 amide bonds. The minimum atomic E-state index is -1.02. The van der Waals surface area contributed by atoms with Crippen LogP contribution < -0.4 is 4.90 Å². The van der Waals surface area contributed by atoms with Crippen LogP contribution in [0.4, 0.5) is 10.5 Å². The van der Waals surface area contributed by atoms with Gasteiger partial charge in [0.2, 0.25) is 0 Å². The van der Waals surface area contributed by atoms with Crippen LogP contribution in [0.25, 0.3) is 0 Å². The average Bonchev–Trinajstić information content (AvgIpc) is 2.66. The van der Waals surface area contributed by atoms with E-state index < -0.39 is 12.1 Å². The highest BCUT2D eigenvalue weighted by atomic mass is 16.6. The number of carbonyl (C=O) groups is 2. The van der Waals surface area contributed by atoms with Crippen LogP contribution in [-0.2, 0) is 16.1 Å². The standard InChI is InChI=1S/C14H15NO5/c1-2-6-20-14(18)15-5-7-19-9-11-8-10(13(16)17)3-4-12(11)15/h2-4,8H,1,5-7,9H2,(H,16,17). The molecular weight excluding hydrogens is 262 g/mol. The summed E-state index contributed by atoms with van der Waals surface area (Å²) in [7, 11) is 0. The number of ether oxygens (including phenoxy) is 2. The minimum absolute atomic E-state index is 0.124. The van der Waals surface area contributed by atoms with Crippen LogP contribution in [0.5, 0.6) is 0 Å². The van der Waals surface area contributed by atoms with Gasteiger partial charge >= 0.3 is 12.1 Å². The number of fused-ring (bicyclic) bond motifs is 1. The SMILES string of the molecule is C=CCOC(=O)N1CCOCc2cc(C(=O)O)ccc21. The molecule has 1 aromatic carbocycles. The molecule has 0 aliphatic carbocycles. The number of hydrogen-bond donors (Lipinski definition) is 1. The van der Waals surface area contributed by atoms with Gasteiger partial charge in [0.1, 0.15) is 6.61 Å². The van der Waals surface area contributed by atoms with Crippen LogP contribution >= 0.6 is 0 Å². The number of anilines is 1. The summed E-state index contributed by atoms with van der Waals surface area (Å²) in [6.07, 6.45) is 0.987. The Balaban J connectivity index is 2.31. The molecule has 6 heteroatoms. The fourth-order valence-electron chi connectivity index (χ4n) is 1.95. The van der Waals surface area contributed by atoms with Crippen molar-refractivity contribution in [1.82, 2.24) is 0 Å². The lowest BCUT2D eigenvalue weighted by Crippen LogP contribution is -2.33. The highest BCUT2D eigenvalue weighted by Gasteiger charge is 2.23. The Bertz CT molecular complexity index is 540. The molecule has 0 bridgehead atoms. The minimum Gasteiger partial charge on any atom is -0.478 e. The van der Waals surface area contributed by atoms with E-state index in [0.717, 1.165) is 0 Å². The molecule has 2 rings (SSSR count). The van der Waals surface area contributed by atoms with Gasteiger partial charge in [-0.1, -0.05) is 12.7 Å². The van der Waals surface area contributed by atoms with Crippen LogP contribution in [-0.4, -0.2) is 36.9 Å². The maximum atomic E-state index is 12.0. The number of hydrogen-bond acceptors (Lipinski definition) is 4. The monoisotopic (exact) mass is 277 g/mol. The largest absolute Gasteiger partial charge is 0.478 e. The zero-order valence-electron chi connectivity index (χ0n) is 10.9. The van der Waals surface area contributed by atoms with Gasteiger partial charge in [-0.3, -0.25) is 4.90 Å². The number of carboxylic acids is 1. The lowest BCUT2D eigenvalue weighted by molar-refractivity contribution is 0.0696. The van der Waals surface area contributed by atoms with Crippen LogP contribution in [0.2, 0.25) is 0 Å². The number of carboxylic acid groups (broad SMARTS) is 1. The lowest BCUT2D eigenvalue weighted by Gasteiger charge is -2.21. The molecule has 0 fully saturated rings. The first-order valence-electron chi connectivity index (χ1n) is 6.12. The summed E-state index contributed by atoms with van der Waals surface area (Å²) in [6, 6.07) is 4.57. The van der Waals surface area contributed by atoms with Gasteiger partial charge in [-0.15, -0.1) is 0 Å². The predicted octanol–water partition coefficient (Wildman–Crippen LogP) is 2.04. The molecule has 106 valence electrons. The summed E-state index contributed by atoms with van der Waals surface area (Å²) in [5.74, 6) is -1.02. The van der Waals surface area contributed by atoms with Crippen LogP contribution in [0, 0.1) is 0 Å². The van der Waals surface area contributed by atoms with Gasteiger partial charge in [0, 0.05) is 5.56 Å². The van der Waals surface area contributed by atoms with Crippen molar-refractivity contribution in [3.05, 3.63) is 42.0 Å². The number of nitrogens with zero attached hydrogens (tertiary/aromatic N) is 1. The Kier molecular flexibility index (Phi) is 4.37. The molecule has 0 saturated heterocycles. The average molecular weight is 277 g/mol. The maximum Gasteiger partial charge on any atom is 0.414 e. The Hall–Kier alpha value is -2.34. The van der Waals surface area contributed by atoms with E-state index in [2.05, 4.69) is 6.58 Å². The van der Waals surface area contributed by atoms with Gasteiger partial charge in [-0.25, -0.2) is 9.59 Å². The summed E-state index contributed by atoms with van der Waals surface area (Å²) in [4.78, 5) is 24.4. The van der Waals surface area contributed by atoms with Crippen LogP contribution in [0.15, 0.2) is 30.9 Å². The summed E-state index contributed by atoms with van der Waals surface area (Å²) in [6.45, 7) is 4.59. The second kappa shape index (κ2) is 6.21. The molecule has 0 aromatic heterocycles. The first-order chi connectivity index (χ1) is 9.63. The summed E-state index contributed by atoms with van der Waals surface area (Å²) in [5.41, 5.74) is 1.42. The molecule has 20 heavy (non-hydrogen) atoms. The predicted molar refractivity (Wildman–Crippen MR) is 71.9 cm³/mol. The molecule has 1 aliphatic rings. The fraction of sp³-hybridized carbons (Fsp3) is 0.286. The van der Waals surface area contributed by atoms with Gasteiger partial charge in [0.15, 0.2) is 0 Å². The molecule has 1 heterocycles. The topological polar surface area (TPSA) is 76.1 Å². The third-order valence-corrected chi connectivity index (χ3v) is 2.88. The lowest BCUT2D eigenvalue weighted by atomic mass is 10.1. The number of rotatable bonds is 3. The smallest absolute Gasteiger partial charge is 0.414 e. The Labute approximate surface area is 116 Å². The second-order valence-corrected chi connectivity index (χ2v) is 4.22. The Morgan fingerprint density at radius 2 is 2.30 bits per heavy atom. The number of amides is 1. The normalized spacial score (nSPS) is 14.1. The van der Waals surface area contributed by atoms with Crippen molar-refractivity contribution >= 4 is 17.7 Å². The molecule has 0 radical (unpaired) electrons. The summed E-state index contributed by atoms with van der Waals surface area (Å²) in [5, 5.41) is 8.99. The molecule has 0 unspecified atom stereocenters. The first kappa shape index (κ1) is 14.1. The quantitative estimate of drug-likeness (QED) is 0.856. The van der Waals surface area contributed by atoms with Crippen molar-refractivity contribution in [2.75, 3.05) is 24.7 Å². The van der Waals surface area contributed by atoms with Gasteiger partial charge in [0.05, 0.1) is 31.0 Å². The van der Waals surface area contributed by atoms with E-state index in [1.165, 1.54) is 23.1 Å². The molecule has 1 aliphatic heterocycles. The number of carbonyl (C=O) groups excluding carboxylic acids is 1. The fourth-order valence-corrected chi connectivity index (χ4v) is 1.95.